The molecule has 13 heteroatoms. The van der Waals surface area contributed by atoms with Gasteiger partial charge in [-0.2, -0.15) is 18.3 Å². The van der Waals surface area contributed by atoms with Gasteiger partial charge in [0, 0.05) is 17.0 Å². The SMILES string of the molecule is CCCN1C(=O)/C(=N/NC(=O)Nc2ccc(C(F)(F)F)cc2Cl)c2cc(SCCCc3ccc(C(=O)O)cc3)ccc21. The largest absolute Gasteiger partial charge is 0.478 e. The molecule has 0 aromatic heterocycles. The van der Waals surface area contributed by atoms with Gasteiger partial charge < -0.3 is 15.3 Å². The summed E-state index contributed by atoms with van der Waals surface area (Å²) in [7, 11) is 0. The van der Waals surface area contributed by atoms with Crippen LogP contribution in [0.25, 0.3) is 0 Å². The first kappa shape index (κ1) is 30.9. The van der Waals surface area contributed by atoms with Gasteiger partial charge in [-0.1, -0.05) is 30.7 Å². The molecule has 4 rings (SSSR count). The van der Waals surface area contributed by atoms with Gasteiger partial charge >= 0.3 is 18.2 Å². The maximum absolute atomic E-state index is 13.2. The number of thioether (sulfide) groups is 1. The number of halogens is 4. The van der Waals surface area contributed by atoms with E-state index in [-0.39, 0.29) is 27.9 Å². The molecule has 0 fully saturated rings. The Morgan fingerprint density at radius 2 is 1.81 bits per heavy atom. The average molecular weight is 619 g/mol. The first-order chi connectivity index (χ1) is 20.0. The van der Waals surface area contributed by atoms with E-state index in [0.29, 0.717) is 30.3 Å². The van der Waals surface area contributed by atoms with Crippen LogP contribution in [0.3, 0.4) is 0 Å². The van der Waals surface area contributed by atoms with Gasteiger partial charge in [-0.3, -0.25) is 4.79 Å². The van der Waals surface area contributed by atoms with Crippen molar-refractivity contribution in [2.45, 2.75) is 37.3 Å². The highest BCUT2D eigenvalue weighted by molar-refractivity contribution is 7.99. The highest BCUT2D eigenvalue weighted by Gasteiger charge is 2.34. The van der Waals surface area contributed by atoms with Crippen LogP contribution in [0.2, 0.25) is 5.02 Å². The van der Waals surface area contributed by atoms with Crippen molar-refractivity contribution < 1.29 is 32.7 Å². The Balaban J connectivity index is 1.42. The normalized spacial score (nSPS) is 13.8. The number of anilines is 2. The third kappa shape index (κ3) is 7.42. The number of aryl methyl sites for hydroxylation is 1. The number of rotatable bonds is 10. The van der Waals surface area contributed by atoms with Crippen LogP contribution in [0.5, 0.6) is 0 Å². The molecule has 0 saturated carbocycles. The third-order valence-electron chi connectivity index (χ3n) is 6.30. The molecule has 3 amide bonds. The first-order valence-electron chi connectivity index (χ1n) is 12.9. The van der Waals surface area contributed by atoms with Crippen LogP contribution in [-0.4, -0.2) is 41.0 Å². The number of hydrogen-bond donors (Lipinski definition) is 3. The molecule has 1 heterocycles. The van der Waals surface area contributed by atoms with Crippen LogP contribution in [-0.2, 0) is 17.4 Å². The zero-order valence-electron chi connectivity index (χ0n) is 22.3. The zero-order valence-corrected chi connectivity index (χ0v) is 23.9. The maximum Gasteiger partial charge on any atom is 0.416 e. The fourth-order valence-corrected chi connectivity index (χ4v) is 5.38. The van der Waals surface area contributed by atoms with Crippen molar-refractivity contribution in [3.8, 4) is 0 Å². The topological polar surface area (TPSA) is 111 Å². The number of carbonyl (C=O) groups excluding carboxylic acids is 2. The van der Waals surface area contributed by atoms with Crippen LogP contribution >= 0.6 is 23.4 Å². The number of urea groups is 1. The minimum Gasteiger partial charge on any atom is -0.478 e. The molecule has 0 saturated heterocycles. The number of amides is 3. The Kier molecular flexibility index (Phi) is 9.79. The second-order valence-electron chi connectivity index (χ2n) is 9.31. The van der Waals surface area contributed by atoms with E-state index in [2.05, 4.69) is 15.8 Å². The third-order valence-corrected chi connectivity index (χ3v) is 7.69. The van der Waals surface area contributed by atoms with Crippen molar-refractivity contribution in [1.29, 1.82) is 0 Å². The van der Waals surface area contributed by atoms with Crippen molar-refractivity contribution in [3.63, 3.8) is 0 Å². The molecule has 0 radical (unpaired) electrons. The van der Waals surface area contributed by atoms with E-state index < -0.39 is 23.7 Å². The zero-order chi connectivity index (χ0) is 30.4. The standard InChI is InChI=1S/C29H26ClF3N4O4S/c1-2-13-37-24-12-10-20(42-14-3-4-17-5-7-18(8-6-17)27(39)40)16-21(24)25(26(37)38)35-36-28(41)34-23-11-9-19(15-22(23)30)29(31,32)33/h5-12,15-16H,2-4,13-14H2,1H3,(H,39,40)(H2,34,36,41)/b35-25+. The number of carboxylic acid groups (broad SMARTS) is 1. The fourth-order valence-electron chi connectivity index (χ4n) is 4.27. The molecular weight excluding hydrogens is 593 g/mol. The molecule has 8 nitrogen and oxygen atoms in total. The quantitative estimate of drug-likeness (QED) is 0.128. The summed E-state index contributed by atoms with van der Waals surface area (Å²) in [4.78, 5) is 39.1. The minimum absolute atomic E-state index is 0.0353. The summed E-state index contributed by atoms with van der Waals surface area (Å²) < 4.78 is 38.7. The predicted octanol–water partition coefficient (Wildman–Crippen LogP) is 7.06. The van der Waals surface area contributed by atoms with Crippen molar-refractivity contribution >= 4 is 58.4 Å². The summed E-state index contributed by atoms with van der Waals surface area (Å²) in [5, 5.41) is 15.1. The predicted molar refractivity (Wildman–Crippen MR) is 157 cm³/mol. The molecule has 0 bridgehead atoms. The van der Waals surface area contributed by atoms with Gasteiger partial charge in [0.15, 0.2) is 5.71 Å². The molecular formula is C29H26ClF3N4O4S. The van der Waals surface area contributed by atoms with Gasteiger partial charge in [0.05, 0.1) is 27.5 Å². The number of carbonyl (C=O) groups is 3. The van der Waals surface area contributed by atoms with Crippen LogP contribution in [0.1, 0.15) is 46.8 Å². The highest BCUT2D eigenvalue weighted by Crippen LogP contribution is 2.35. The number of nitrogens with zero attached hydrogens (tertiary/aromatic N) is 2. The summed E-state index contributed by atoms with van der Waals surface area (Å²) in [6, 6.07) is 14.0. The smallest absolute Gasteiger partial charge is 0.416 e. The molecule has 220 valence electrons. The first-order valence-corrected chi connectivity index (χ1v) is 14.3. The van der Waals surface area contributed by atoms with Gasteiger partial charge in [0.1, 0.15) is 0 Å². The van der Waals surface area contributed by atoms with E-state index in [4.69, 9.17) is 16.7 Å². The minimum atomic E-state index is -4.58. The van der Waals surface area contributed by atoms with E-state index in [1.165, 1.54) is 0 Å². The second-order valence-corrected chi connectivity index (χ2v) is 10.9. The Morgan fingerprint density at radius 1 is 1.07 bits per heavy atom. The van der Waals surface area contributed by atoms with Gasteiger partial charge in [-0.15, -0.1) is 11.8 Å². The molecule has 0 spiro atoms. The van der Waals surface area contributed by atoms with Gasteiger partial charge in [0.2, 0.25) is 0 Å². The second kappa shape index (κ2) is 13.3. The number of benzene rings is 3. The Morgan fingerprint density at radius 3 is 2.45 bits per heavy atom. The number of aromatic carboxylic acids is 1. The molecule has 3 aromatic carbocycles. The van der Waals surface area contributed by atoms with E-state index in [9.17, 15) is 27.6 Å². The number of hydrazone groups is 1. The highest BCUT2D eigenvalue weighted by atomic mass is 35.5. The summed E-state index contributed by atoms with van der Waals surface area (Å²) in [6.45, 7) is 2.38. The Hall–Kier alpha value is -4.03. The lowest BCUT2D eigenvalue weighted by Crippen LogP contribution is -2.33. The van der Waals surface area contributed by atoms with Crippen LogP contribution in [0.4, 0.5) is 29.3 Å². The molecule has 0 unspecified atom stereocenters. The van der Waals surface area contributed by atoms with Crippen molar-refractivity contribution in [3.05, 3.63) is 87.9 Å². The monoisotopic (exact) mass is 618 g/mol. The van der Waals surface area contributed by atoms with E-state index in [1.807, 2.05) is 25.1 Å². The molecule has 3 aromatic rings. The number of hydrogen-bond acceptors (Lipinski definition) is 5. The Bertz CT molecular complexity index is 1530. The lowest BCUT2D eigenvalue weighted by Gasteiger charge is -2.15. The number of alkyl halides is 3. The fraction of sp³-hybridized carbons (Fsp3) is 0.241. The molecule has 0 atom stereocenters. The van der Waals surface area contributed by atoms with Gasteiger partial charge in [0.25, 0.3) is 5.91 Å². The molecule has 0 aliphatic carbocycles. The molecule has 42 heavy (non-hydrogen) atoms. The summed E-state index contributed by atoms with van der Waals surface area (Å²) in [6.07, 6.45) is -2.27. The lowest BCUT2D eigenvalue weighted by atomic mass is 10.1. The van der Waals surface area contributed by atoms with Crippen LogP contribution in [0.15, 0.2) is 70.7 Å². The van der Waals surface area contributed by atoms with E-state index in [1.54, 1.807) is 40.9 Å². The van der Waals surface area contributed by atoms with E-state index >= 15 is 0 Å². The van der Waals surface area contributed by atoms with Gasteiger partial charge in [-0.05, 0) is 79.1 Å². The summed E-state index contributed by atoms with van der Waals surface area (Å²) >= 11 is 7.50. The summed E-state index contributed by atoms with van der Waals surface area (Å²) in [5.41, 5.74) is 3.77. The average Bonchev–Trinajstić information content (AvgIpc) is 3.20. The summed E-state index contributed by atoms with van der Waals surface area (Å²) in [5.74, 6) is -0.578. The maximum atomic E-state index is 13.2. The van der Waals surface area contributed by atoms with Crippen molar-refractivity contribution in [2.75, 3.05) is 22.5 Å². The van der Waals surface area contributed by atoms with Crippen molar-refractivity contribution in [2.24, 2.45) is 5.10 Å². The lowest BCUT2D eigenvalue weighted by molar-refractivity contribution is -0.137. The molecule has 1 aliphatic heterocycles. The van der Waals surface area contributed by atoms with Crippen molar-refractivity contribution in [1.82, 2.24) is 5.43 Å². The van der Waals surface area contributed by atoms with Gasteiger partial charge in [-0.25, -0.2) is 15.0 Å². The number of nitrogens with one attached hydrogen (secondary N) is 2. The molecule has 3 N–H and O–H groups in total. The Labute approximate surface area is 248 Å². The van der Waals surface area contributed by atoms with Crippen LogP contribution in [0, 0.1) is 0 Å². The molecule has 1 aliphatic rings. The number of fused-ring (bicyclic) bond motifs is 1. The van der Waals surface area contributed by atoms with E-state index in [0.717, 1.165) is 41.2 Å². The number of carboxylic acids is 1. The van der Waals surface area contributed by atoms with Crippen LogP contribution < -0.4 is 15.6 Å².